The predicted molar refractivity (Wildman–Crippen MR) is 59.8 cm³/mol. The fourth-order valence-electron chi connectivity index (χ4n) is 1.99. The molecule has 0 aliphatic carbocycles. The number of aryl methyl sites for hydroxylation is 1. The maximum Gasteiger partial charge on any atom is 0.371 e. The number of aromatic nitrogens is 1. The van der Waals surface area contributed by atoms with Crippen molar-refractivity contribution in [2.75, 3.05) is 0 Å². The first-order chi connectivity index (χ1) is 7.66. The molecule has 16 heavy (non-hydrogen) atoms. The Morgan fingerprint density at radius 3 is 2.94 bits per heavy atom. The van der Waals surface area contributed by atoms with Crippen molar-refractivity contribution in [2.45, 2.75) is 6.92 Å². The molecule has 0 bridgehead atoms. The Bertz CT molecular complexity index is 706. The molecule has 1 aromatic carbocycles. The van der Waals surface area contributed by atoms with Gasteiger partial charge in [-0.25, -0.2) is 4.79 Å². The minimum absolute atomic E-state index is 0.0357. The van der Waals surface area contributed by atoms with Crippen molar-refractivity contribution in [1.82, 2.24) is 4.98 Å². The Labute approximate surface area is 90.5 Å². The van der Waals surface area contributed by atoms with Gasteiger partial charge in [0.15, 0.2) is 5.58 Å². The topological polar surface area (TPSA) is 66.2 Å². The number of H-pyrrole nitrogens is 1. The van der Waals surface area contributed by atoms with Crippen molar-refractivity contribution in [3.8, 4) is 0 Å². The zero-order chi connectivity index (χ0) is 11.3. The molecule has 4 heteroatoms. The molecule has 0 aliphatic heterocycles. The molecule has 80 valence electrons. The molecule has 2 aromatic heterocycles. The number of nitrogens with one attached hydrogen (secondary N) is 1. The van der Waals surface area contributed by atoms with Gasteiger partial charge in [-0.05, 0) is 18.6 Å². The van der Waals surface area contributed by atoms with E-state index in [1.54, 1.807) is 0 Å². The van der Waals surface area contributed by atoms with Gasteiger partial charge < -0.3 is 14.5 Å². The summed E-state index contributed by atoms with van der Waals surface area (Å²) < 4.78 is 5.33. The van der Waals surface area contributed by atoms with Gasteiger partial charge in [0.2, 0.25) is 5.76 Å². The SMILES string of the molecule is Cc1cccc2[nH]c3cc(C(=O)O)oc3c12. The lowest BCUT2D eigenvalue weighted by atomic mass is 10.1. The molecule has 0 saturated heterocycles. The molecule has 0 saturated carbocycles. The smallest absolute Gasteiger partial charge is 0.371 e. The average Bonchev–Trinajstić information content (AvgIpc) is 2.73. The fourth-order valence-corrected chi connectivity index (χ4v) is 1.99. The van der Waals surface area contributed by atoms with Gasteiger partial charge in [-0.2, -0.15) is 0 Å². The maximum absolute atomic E-state index is 10.8. The molecular formula is C12H9NO3. The number of rotatable bonds is 1. The van der Waals surface area contributed by atoms with Crippen LogP contribution in [0.2, 0.25) is 0 Å². The van der Waals surface area contributed by atoms with Crippen LogP contribution in [0.5, 0.6) is 0 Å². The van der Waals surface area contributed by atoms with Crippen molar-refractivity contribution in [3.05, 3.63) is 35.6 Å². The zero-order valence-corrected chi connectivity index (χ0v) is 8.57. The van der Waals surface area contributed by atoms with Crippen molar-refractivity contribution >= 4 is 28.0 Å². The van der Waals surface area contributed by atoms with Crippen LogP contribution < -0.4 is 0 Å². The Kier molecular flexibility index (Phi) is 1.63. The monoisotopic (exact) mass is 215 g/mol. The minimum atomic E-state index is -1.05. The largest absolute Gasteiger partial charge is 0.475 e. The van der Waals surface area contributed by atoms with Gasteiger partial charge in [0.25, 0.3) is 0 Å². The van der Waals surface area contributed by atoms with Gasteiger partial charge in [-0.15, -0.1) is 0 Å². The summed E-state index contributed by atoms with van der Waals surface area (Å²) in [7, 11) is 0. The highest BCUT2D eigenvalue weighted by atomic mass is 16.4. The van der Waals surface area contributed by atoms with E-state index in [1.807, 2.05) is 25.1 Å². The molecule has 3 rings (SSSR count). The molecule has 3 aromatic rings. The number of carbonyl (C=O) groups is 1. The van der Waals surface area contributed by atoms with Crippen LogP contribution in [0.25, 0.3) is 22.0 Å². The van der Waals surface area contributed by atoms with Crippen LogP contribution in [0.1, 0.15) is 16.1 Å². The highest BCUT2D eigenvalue weighted by Gasteiger charge is 2.15. The van der Waals surface area contributed by atoms with Crippen molar-refractivity contribution in [2.24, 2.45) is 0 Å². The molecular weight excluding hydrogens is 206 g/mol. The number of carboxylic acid groups (broad SMARTS) is 1. The van der Waals surface area contributed by atoms with Crippen LogP contribution >= 0.6 is 0 Å². The van der Waals surface area contributed by atoms with E-state index in [4.69, 9.17) is 9.52 Å². The maximum atomic E-state index is 10.8. The van der Waals surface area contributed by atoms with Gasteiger partial charge >= 0.3 is 5.97 Å². The van der Waals surface area contributed by atoms with E-state index in [2.05, 4.69) is 4.98 Å². The first kappa shape index (κ1) is 9.03. The van der Waals surface area contributed by atoms with Gasteiger partial charge in [0.1, 0.15) is 0 Å². The van der Waals surface area contributed by atoms with E-state index in [1.165, 1.54) is 6.07 Å². The molecule has 0 aliphatic rings. The molecule has 0 unspecified atom stereocenters. The fraction of sp³-hybridized carbons (Fsp3) is 0.0833. The molecule has 4 nitrogen and oxygen atoms in total. The summed E-state index contributed by atoms with van der Waals surface area (Å²) in [5.74, 6) is -1.09. The van der Waals surface area contributed by atoms with Gasteiger partial charge in [-0.3, -0.25) is 0 Å². The highest BCUT2D eigenvalue weighted by molar-refractivity contribution is 6.07. The van der Waals surface area contributed by atoms with E-state index in [0.29, 0.717) is 5.58 Å². The first-order valence-electron chi connectivity index (χ1n) is 4.91. The lowest BCUT2D eigenvalue weighted by Gasteiger charge is -1.94. The zero-order valence-electron chi connectivity index (χ0n) is 8.57. The van der Waals surface area contributed by atoms with E-state index >= 15 is 0 Å². The number of hydrogen-bond donors (Lipinski definition) is 2. The number of carboxylic acids is 1. The third-order valence-electron chi connectivity index (χ3n) is 2.71. The lowest BCUT2D eigenvalue weighted by Crippen LogP contribution is -1.91. The number of fused-ring (bicyclic) bond motifs is 3. The Balaban J connectivity index is 2.46. The van der Waals surface area contributed by atoms with Crippen LogP contribution in [0.15, 0.2) is 28.7 Å². The third kappa shape index (κ3) is 1.07. The van der Waals surface area contributed by atoms with Crippen molar-refractivity contribution in [3.63, 3.8) is 0 Å². The molecule has 0 atom stereocenters. The second kappa shape index (κ2) is 2.88. The van der Waals surface area contributed by atoms with Crippen LogP contribution in [0.3, 0.4) is 0 Å². The summed E-state index contributed by atoms with van der Waals surface area (Å²) >= 11 is 0. The molecule has 0 fully saturated rings. The number of hydrogen-bond acceptors (Lipinski definition) is 2. The number of furan rings is 1. The van der Waals surface area contributed by atoms with Crippen molar-refractivity contribution < 1.29 is 14.3 Å². The summed E-state index contributed by atoms with van der Waals surface area (Å²) in [5.41, 5.74) is 3.37. The summed E-state index contributed by atoms with van der Waals surface area (Å²) in [6.07, 6.45) is 0. The van der Waals surface area contributed by atoms with E-state index in [9.17, 15) is 4.79 Å². The van der Waals surface area contributed by atoms with Crippen LogP contribution in [0, 0.1) is 6.92 Å². The molecule has 0 radical (unpaired) electrons. The number of aromatic amines is 1. The van der Waals surface area contributed by atoms with E-state index in [-0.39, 0.29) is 5.76 Å². The average molecular weight is 215 g/mol. The normalized spacial score (nSPS) is 11.3. The first-order valence-corrected chi connectivity index (χ1v) is 4.91. The van der Waals surface area contributed by atoms with Crippen LogP contribution in [-0.2, 0) is 0 Å². The summed E-state index contributed by atoms with van der Waals surface area (Å²) in [5, 5.41) is 9.79. The highest BCUT2D eigenvalue weighted by Crippen LogP contribution is 2.30. The minimum Gasteiger partial charge on any atom is -0.475 e. The lowest BCUT2D eigenvalue weighted by molar-refractivity contribution is 0.0665. The summed E-state index contributed by atoms with van der Waals surface area (Å²) in [4.78, 5) is 13.9. The van der Waals surface area contributed by atoms with Crippen LogP contribution in [-0.4, -0.2) is 16.1 Å². The third-order valence-corrected chi connectivity index (χ3v) is 2.71. The van der Waals surface area contributed by atoms with Gasteiger partial charge in [0, 0.05) is 17.0 Å². The number of aromatic carboxylic acids is 1. The predicted octanol–water partition coefficient (Wildman–Crippen LogP) is 2.92. The molecule has 0 spiro atoms. The van der Waals surface area contributed by atoms with Crippen molar-refractivity contribution in [1.29, 1.82) is 0 Å². The summed E-state index contributed by atoms with van der Waals surface area (Å²) in [6.45, 7) is 1.97. The number of benzene rings is 1. The van der Waals surface area contributed by atoms with Gasteiger partial charge in [-0.1, -0.05) is 12.1 Å². The molecule has 0 amide bonds. The van der Waals surface area contributed by atoms with Crippen LogP contribution in [0.4, 0.5) is 0 Å². The second-order valence-corrected chi connectivity index (χ2v) is 3.78. The second-order valence-electron chi connectivity index (χ2n) is 3.78. The van der Waals surface area contributed by atoms with E-state index in [0.717, 1.165) is 22.0 Å². The Morgan fingerprint density at radius 2 is 2.19 bits per heavy atom. The van der Waals surface area contributed by atoms with Gasteiger partial charge in [0.05, 0.1) is 5.52 Å². The quantitative estimate of drug-likeness (QED) is 0.655. The van der Waals surface area contributed by atoms with E-state index < -0.39 is 5.97 Å². The summed E-state index contributed by atoms with van der Waals surface area (Å²) in [6, 6.07) is 7.37. The standard InChI is InChI=1S/C12H9NO3/c1-6-3-2-4-7-10(6)11-8(13-7)5-9(16-11)12(14)15/h2-5,13H,1H3,(H,14,15). The Morgan fingerprint density at radius 1 is 1.38 bits per heavy atom. The molecule has 2 heterocycles. The molecule has 2 N–H and O–H groups in total. The Hall–Kier alpha value is -2.23.